The number of hydrogen-bond acceptors (Lipinski definition) is 14. The smallest absolute Gasteiger partial charge is 0.338 e. The highest BCUT2D eigenvalue weighted by molar-refractivity contribution is 6.03. The molecule has 0 bridgehead atoms. The molecule has 0 aliphatic heterocycles. The van der Waals surface area contributed by atoms with Crippen molar-refractivity contribution < 1.29 is 28.5 Å². The Morgan fingerprint density at radius 1 is 0.844 bits per heavy atom. The van der Waals surface area contributed by atoms with Crippen molar-refractivity contribution in [3.63, 3.8) is 0 Å². The maximum Gasteiger partial charge on any atom is 0.338 e. The van der Waals surface area contributed by atoms with Crippen molar-refractivity contribution in [2.75, 3.05) is 38.9 Å². The third-order valence-electron chi connectivity index (χ3n) is 6.47. The predicted octanol–water partition coefficient (Wildman–Crippen LogP) is 3.32. The zero-order valence-corrected chi connectivity index (χ0v) is 25.6. The van der Waals surface area contributed by atoms with E-state index in [-0.39, 0.29) is 23.0 Å². The van der Waals surface area contributed by atoms with Gasteiger partial charge in [0.25, 0.3) is 0 Å². The zero-order valence-electron chi connectivity index (χ0n) is 25.6. The van der Waals surface area contributed by atoms with Gasteiger partial charge in [0.05, 0.1) is 57.8 Å². The summed E-state index contributed by atoms with van der Waals surface area (Å²) in [5.41, 5.74) is 14.8. The van der Waals surface area contributed by atoms with Gasteiger partial charge in [0.1, 0.15) is 5.52 Å². The number of fused-ring (bicyclic) bond motifs is 2. The van der Waals surface area contributed by atoms with E-state index in [9.17, 15) is 9.59 Å². The highest BCUT2D eigenvalue weighted by atomic mass is 16.5. The van der Waals surface area contributed by atoms with Crippen LogP contribution in [-0.2, 0) is 16.0 Å². The molecule has 238 valence electrons. The van der Waals surface area contributed by atoms with Gasteiger partial charge >= 0.3 is 24.0 Å². The van der Waals surface area contributed by atoms with Crippen LogP contribution >= 0.6 is 0 Å². The molecule has 16 nitrogen and oxygen atoms in total. The summed E-state index contributed by atoms with van der Waals surface area (Å²) in [6.45, 7) is 5.58. The number of nitrogens with one attached hydrogen (secondary N) is 1. The number of ether oxygens (including phenoxy) is 4. The maximum atomic E-state index is 12.1. The molecule has 4 aromatic heterocycles. The largest absolute Gasteiger partial charge is 0.465 e. The minimum atomic E-state index is -0.633. The fourth-order valence-corrected chi connectivity index (χ4v) is 4.09. The molecule has 5 aromatic rings. The second kappa shape index (κ2) is 15.3. The van der Waals surface area contributed by atoms with Crippen molar-refractivity contribution in [2.45, 2.75) is 46.1 Å². The molecule has 0 amide bonds. The summed E-state index contributed by atoms with van der Waals surface area (Å²) in [7, 11) is 2.50. The summed E-state index contributed by atoms with van der Waals surface area (Å²) >= 11 is 0. The Bertz CT molecular complexity index is 1770. The molecule has 0 spiro atoms. The number of anilines is 2. The minimum absolute atomic E-state index is 0.115. The predicted molar refractivity (Wildman–Crippen MR) is 165 cm³/mol. The fourth-order valence-electron chi connectivity index (χ4n) is 4.09. The lowest BCUT2D eigenvalue weighted by Crippen LogP contribution is -2.13. The Hall–Kier alpha value is -5.54. The molecular weight excluding hydrogens is 584 g/mol. The van der Waals surface area contributed by atoms with E-state index in [1.54, 1.807) is 23.0 Å². The first-order valence-corrected chi connectivity index (χ1v) is 14.3. The molecule has 1 aromatic carbocycles. The van der Waals surface area contributed by atoms with Crippen LogP contribution in [0.5, 0.6) is 12.0 Å². The Morgan fingerprint density at radius 3 is 2.16 bits per heavy atom. The summed E-state index contributed by atoms with van der Waals surface area (Å²) < 4.78 is 22.2. The number of nitrogens with two attached hydrogens (primary N) is 2. The quantitative estimate of drug-likeness (QED) is 0.134. The first-order chi connectivity index (χ1) is 21.8. The van der Waals surface area contributed by atoms with Crippen LogP contribution < -0.4 is 20.9 Å². The number of carbonyl (C=O) groups is 2. The van der Waals surface area contributed by atoms with Crippen molar-refractivity contribution in [2.24, 2.45) is 0 Å². The first-order valence-electron chi connectivity index (χ1n) is 14.3. The van der Waals surface area contributed by atoms with Gasteiger partial charge in [0.2, 0.25) is 0 Å². The monoisotopic (exact) mass is 620 g/mol. The molecule has 5 rings (SSSR count). The van der Waals surface area contributed by atoms with Gasteiger partial charge in [0, 0.05) is 0 Å². The standard InChI is InChI=1S/C20H23N5O5.C9H13N5O/c1-4-5-8-30-20-23-16(21)15-17(24-20)25(11-22-15)10-12-6-7-13(18(26)28-2)14(9-12)19(27)29-3;1-2-3-4-15-9-13-7(10)6-8(14-9)12-5-11-6/h6-7,9,11H,4-5,8,10H2,1-3H3,(H2,21,23,24);5H,2-4H2,1H3,(H3,10,11,12,13,14). The summed E-state index contributed by atoms with van der Waals surface area (Å²) in [6.07, 6.45) is 7.02. The molecule has 0 fully saturated rings. The van der Waals surface area contributed by atoms with Crippen LogP contribution in [0.4, 0.5) is 11.6 Å². The van der Waals surface area contributed by atoms with Crippen molar-refractivity contribution >= 4 is 45.9 Å². The molecular formula is C29H36N10O6. The number of nitrogen functional groups attached to an aromatic ring is 2. The van der Waals surface area contributed by atoms with Crippen LogP contribution in [0.25, 0.3) is 22.3 Å². The van der Waals surface area contributed by atoms with E-state index in [0.29, 0.717) is 53.9 Å². The molecule has 0 saturated heterocycles. The number of aromatic amines is 1. The maximum absolute atomic E-state index is 12.1. The number of methoxy groups -OCH3 is 2. The summed E-state index contributed by atoms with van der Waals surface area (Å²) in [6, 6.07) is 5.29. The van der Waals surface area contributed by atoms with E-state index >= 15 is 0 Å². The Kier molecular flexibility index (Phi) is 11.0. The van der Waals surface area contributed by atoms with Gasteiger partial charge in [-0.25, -0.2) is 19.6 Å². The van der Waals surface area contributed by atoms with Gasteiger partial charge in [-0.05, 0) is 30.5 Å². The lowest BCUT2D eigenvalue weighted by atomic mass is 10.0. The summed E-state index contributed by atoms with van der Waals surface area (Å²) in [5, 5.41) is 0. The van der Waals surface area contributed by atoms with Gasteiger partial charge in [0.15, 0.2) is 28.4 Å². The molecule has 0 aliphatic carbocycles. The third-order valence-corrected chi connectivity index (χ3v) is 6.47. The van der Waals surface area contributed by atoms with E-state index in [0.717, 1.165) is 31.2 Å². The molecule has 0 radical (unpaired) electrons. The lowest BCUT2D eigenvalue weighted by molar-refractivity contribution is 0.0555. The topological polar surface area (TPSA) is 221 Å². The number of carbonyl (C=O) groups excluding carboxylic acids is 2. The van der Waals surface area contributed by atoms with Crippen LogP contribution in [0, 0.1) is 0 Å². The third kappa shape index (κ3) is 7.90. The van der Waals surface area contributed by atoms with E-state index in [2.05, 4.69) is 48.7 Å². The molecule has 45 heavy (non-hydrogen) atoms. The molecule has 16 heteroatoms. The average Bonchev–Trinajstić information content (AvgIpc) is 3.69. The van der Waals surface area contributed by atoms with Gasteiger partial charge in [-0.15, -0.1) is 0 Å². The van der Waals surface area contributed by atoms with Crippen LogP contribution in [-0.4, -0.2) is 78.8 Å². The number of imidazole rings is 2. The van der Waals surface area contributed by atoms with Crippen molar-refractivity contribution in [3.05, 3.63) is 47.5 Å². The van der Waals surface area contributed by atoms with E-state index in [4.69, 9.17) is 30.4 Å². The Balaban J connectivity index is 0.000000256. The fraction of sp³-hybridized carbons (Fsp3) is 0.379. The molecule has 0 atom stereocenters. The van der Waals surface area contributed by atoms with Crippen LogP contribution in [0.2, 0.25) is 0 Å². The van der Waals surface area contributed by atoms with Gasteiger partial charge in [-0.3, -0.25) is 0 Å². The van der Waals surface area contributed by atoms with Crippen molar-refractivity contribution in [3.8, 4) is 12.0 Å². The molecule has 0 saturated carbocycles. The zero-order chi connectivity index (χ0) is 32.3. The number of H-pyrrole nitrogens is 1. The van der Waals surface area contributed by atoms with Crippen LogP contribution in [0.1, 0.15) is 65.8 Å². The second-order valence-corrected chi connectivity index (χ2v) is 9.70. The summed E-state index contributed by atoms with van der Waals surface area (Å²) in [4.78, 5) is 51.9. The highest BCUT2D eigenvalue weighted by Crippen LogP contribution is 2.22. The normalized spacial score (nSPS) is 10.8. The van der Waals surface area contributed by atoms with E-state index < -0.39 is 11.9 Å². The number of unbranched alkanes of at least 4 members (excludes halogenated alkanes) is 2. The number of esters is 2. The molecule has 5 N–H and O–H groups in total. The van der Waals surface area contributed by atoms with Gasteiger partial charge in [-0.1, -0.05) is 32.8 Å². The molecule has 0 aliphatic rings. The first kappa shape index (κ1) is 32.4. The number of aromatic nitrogens is 8. The highest BCUT2D eigenvalue weighted by Gasteiger charge is 2.20. The Labute approximate surface area is 258 Å². The lowest BCUT2D eigenvalue weighted by Gasteiger charge is -2.10. The molecule has 4 heterocycles. The second-order valence-electron chi connectivity index (χ2n) is 9.70. The SMILES string of the molecule is CCCCOc1nc(N)c2[nH]cnc2n1.CCCCOc1nc(N)c2ncn(Cc3ccc(C(=O)OC)c(C(=O)OC)c3)c2n1. The van der Waals surface area contributed by atoms with Gasteiger partial charge < -0.3 is 40.0 Å². The van der Waals surface area contributed by atoms with Crippen molar-refractivity contribution in [1.29, 1.82) is 0 Å². The average molecular weight is 621 g/mol. The number of benzene rings is 1. The summed E-state index contributed by atoms with van der Waals surface area (Å²) in [5.74, 6) is -0.666. The number of nitrogens with zero attached hydrogens (tertiary/aromatic N) is 7. The van der Waals surface area contributed by atoms with E-state index in [1.165, 1.54) is 26.6 Å². The minimum Gasteiger partial charge on any atom is -0.465 e. The van der Waals surface area contributed by atoms with Crippen LogP contribution in [0.3, 0.4) is 0 Å². The van der Waals surface area contributed by atoms with Crippen molar-refractivity contribution in [1.82, 2.24) is 39.5 Å². The van der Waals surface area contributed by atoms with Crippen LogP contribution in [0.15, 0.2) is 30.9 Å². The molecule has 0 unspecified atom stereocenters. The Morgan fingerprint density at radius 2 is 1.49 bits per heavy atom. The van der Waals surface area contributed by atoms with E-state index in [1.807, 2.05) is 0 Å². The number of hydrogen-bond donors (Lipinski definition) is 3. The number of rotatable bonds is 12. The van der Waals surface area contributed by atoms with Gasteiger partial charge in [-0.2, -0.15) is 19.9 Å².